The molecule has 0 unspecified atom stereocenters. The summed E-state index contributed by atoms with van der Waals surface area (Å²) in [5.41, 5.74) is 0. The second-order valence-corrected chi connectivity index (χ2v) is 12.5. The second-order valence-electron chi connectivity index (χ2n) is 7.05. The average Bonchev–Trinajstić information content (AvgIpc) is 2.75. The minimum absolute atomic E-state index is 0.212. The van der Waals surface area contributed by atoms with Crippen LogP contribution in [0.1, 0.15) is 60.8 Å². The molecule has 0 saturated heterocycles. The zero-order valence-electron chi connectivity index (χ0n) is 21.5. The molecular weight excluding hydrogens is 464 g/mol. The first-order valence-electron chi connectivity index (χ1n) is 12.2. The van der Waals surface area contributed by atoms with Gasteiger partial charge in [0.1, 0.15) is 6.42 Å². The molecule has 0 aliphatic carbocycles. The van der Waals surface area contributed by atoms with Crippen LogP contribution in [0, 0.1) is 0 Å². The fraction of sp³-hybridized carbons (Fsp3) is 0.905. The predicted molar refractivity (Wildman–Crippen MR) is 131 cm³/mol. The van der Waals surface area contributed by atoms with Gasteiger partial charge in [0, 0.05) is 64.8 Å². The van der Waals surface area contributed by atoms with Crippen molar-refractivity contribution in [1.29, 1.82) is 0 Å². The Morgan fingerprint density at radius 1 is 0.545 bits per heavy atom. The van der Waals surface area contributed by atoms with Crippen LogP contribution in [-0.2, 0) is 36.1 Å². The van der Waals surface area contributed by atoms with Crippen LogP contribution in [0.5, 0.6) is 0 Å². The molecule has 0 heterocycles. The monoisotopic (exact) mass is 510 g/mol. The highest BCUT2D eigenvalue weighted by molar-refractivity contribution is 6.61. The summed E-state index contributed by atoms with van der Waals surface area (Å²) in [6.07, 6.45) is 1.09. The van der Waals surface area contributed by atoms with Crippen LogP contribution >= 0.6 is 0 Å². The number of rotatable bonds is 22. The summed E-state index contributed by atoms with van der Waals surface area (Å²) in [5.74, 6) is -0.628. The maximum atomic E-state index is 12.1. The molecule has 196 valence electrons. The van der Waals surface area contributed by atoms with Crippen molar-refractivity contribution >= 4 is 29.4 Å². The van der Waals surface area contributed by atoms with E-state index >= 15 is 0 Å². The molecule has 0 aromatic rings. The molecule has 2 N–H and O–H groups in total. The van der Waals surface area contributed by atoms with E-state index in [0.29, 0.717) is 77.7 Å². The lowest BCUT2D eigenvalue weighted by Gasteiger charge is -2.28. The van der Waals surface area contributed by atoms with Gasteiger partial charge in [-0.3, -0.25) is 9.59 Å². The van der Waals surface area contributed by atoms with Crippen molar-refractivity contribution in [1.82, 2.24) is 10.6 Å². The molecule has 0 radical (unpaired) electrons. The van der Waals surface area contributed by atoms with Crippen LogP contribution in [0.15, 0.2) is 0 Å². The molecule has 0 saturated carbocycles. The molecule has 2 amide bonds. The van der Waals surface area contributed by atoms with Crippen molar-refractivity contribution < 1.29 is 36.1 Å². The number of nitrogens with one attached hydrogen (secondary N) is 2. The molecule has 0 aliphatic heterocycles. The van der Waals surface area contributed by atoms with Gasteiger partial charge in [-0.25, -0.2) is 0 Å². The highest BCUT2D eigenvalue weighted by Gasteiger charge is 2.40. The van der Waals surface area contributed by atoms with Crippen molar-refractivity contribution in [3.8, 4) is 0 Å². The van der Waals surface area contributed by atoms with Crippen molar-refractivity contribution in [3.05, 3.63) is 0 Å². The first kappa shape index (κ1) is 32.1. The van der Waals surface area contributed by atoms with Crippen LogP contribution in [0.25, 0.3) is 0 Å². The van der Waals surface area contributed by atoms with E-state index in [1.54, 1.807) is 0 Å². The Balaban J connectivity index is 4.30. The van der Waals surface area contributed by atoms with Crippen molar-refractivity contribution in [3.63, 3.8) is 0 Å². The molecule has 0 rings (SSSR count). The number of carbonyl (C=O) groups excluding carboxylic acids is 2. The van der Waals surface area contributed by atoms with Crippen LogP contribution < -0.4 is 10.6 Å². The topological polar surface area (TPSA) is 114 Å². The van der Waals surface area contributed by atoms with Gasteiger partial charge < -0.3 is 37.2 Å². The summed E-state index contributed by atoms with van der Waals surface area (Å²) >= 11 is 0. The molecule has 0 fully saturated rings. The Bertz CT molecular complexity index is 450. The zero-order valence-corrected chi connectivity index (χ0v) is 23.5. The molecule has 0 spiro atoms. The van der Waals surface area contributed by atoms with Gasteiger partial charge in [-0.2, -0.15) is 0 Å². The highest BCUT2D eigenvalue weighted by Crippen LogP contribution is 2.18. The van der Waals surface area contributed by atoms with Crippen molar-refractivity contribution in [2.75, 3.05) is 52.7 Å². The van der Waals surface area contributed by atoms with E-state index in [1.807, 2.05) is 41.5 Å². The molecule has 0 aromatic carbocycles. The Kier molecular flexibility index (Phi) is 18.9. The maximum Gasteiger partial charge on any atom is 0.500 e. The summed E-state index contributed by atoms with van der Waals surface area (Å²) in [7, 11) is -5.43. The van der Waals surface area contributed by atoms with E-state index in [9.17, 15) is 9.59 Å². The summed E-state index contributed by atoms with van der Waals surface area (Å²) in [5, 5.41) is 5.56. The minimum atomic E-state index is -2.71. The van der Waals surface area contributed by atoms with E-state index < -0.39 is 17.6 Å². The van der Waals surface area contributed by atoms with Gasteiger partial charge in [0.15, 0.2) is 0 Å². The van der Waals surface area contributed by atoms with E-state index in [2.05, 4.69) is 10.6 Å². The third-order valence-corrected chi connectivity index (χ3v) is 10.8. The average molecular weight is 511 g/mol. The normalized spacial score (nSPS) is 12.1. The third-order valence-electron chi connectivity index (χ3n) is 4.47. The minimum Gasteiger partial charge on any atom is -0.374 e. The van der Waals surface area contributed by atoms with Gasteiger partial charge >= 0.3 is 17.6 Å². The zero-order chi connectivity index (χ0) is 25.0. The second kappa shape index (κ2) is 19.4. The van der Waals surface area contributed by atoms with Gasteiger partial charge in [-0.05, 0) is 54.4 Å². The van der Waals surface area contributed by atoms with E-state index in [0.717, 1.165) is 0 Å². The number of hydrogen-bond acceptors (Lipinski definition) is 8. The Morgan fingerprint density at radius 3 is 1.06 bits per heavy atom. The fourth-order valence-electron chi connectivity index (χ4n) is 3.34. The lowest BCUT2D eigenvalue weighted by atomic mass is 10.3. The van der Waals surface area contributed by atoms with Crippen LogP contribution in [0.2, 0.25) is 12.1 Å². The van der Waals surface area contributed by atoms with Gasteiger partial charge in [0.2, 0.25) is 11.8 Å². The van der Waals surface area contributed by atoms with Crippen LogP contribution in [0.3, 0.4) is 0 Å². The SMILES string of the molecule is CCO[Si](CCCNC(=O)CC(=O)NCCC[Si](OCC)(OCC)OCC)(OCC)OCC. The molecule has 0 atom stereocenters. The summed E-state index contributed by atoms with van der Waals surface area (Å²) in [4.78, 5) is 24.2. The smallest absolute Gasteiger partial charge is 0.374 e. The first-order chi connectivity index (χ1) is 15.9. The molecule has 0 bridgehead atoms. The summed E-state index contributed by atoms with van der Waals surface area (Å²) in [6, 6.07) is 1.22. The molecule has 0 aromatic heterocycles. The van der Waals surface area contributed by atoms with Crippen LogP contribution in [-0.4, -0.2) is 82.2 Å². The standard InChI is InChI=1S/C21H46N2O8Si2/c1-7-26-32(27-8-2,28-9-3)17-13-15-22-20(24)19-21(25)23-16-14-18-33(29-10-4,30-11-5)31-12-6/h7-19H2,1-6H3,(H,22,24)(H,23,25). The highest BCUT2D eigenvalue weighted by atomic mass is 28.4. The number of amides is 2. The van der Waals surface area contributed by atoms with Gasteiger partial charge in [0.05, 0.1) is 0 Å². The number of hydrogen-bond donors (Lipinski definition) is 2. The molecule has 10 nitrogen and oxygen atoms in total. The Hall–Kier alpha value is -0.866. The lowest BCUT2D eigenvalue weighted by Crippen LogP contribution is -2.46. The molecule has 0 aliphatic rings. The van der Waals surface area contributed by atoms with Crippen LogP contribution in [0.4, 0.5) is 0 Å². The predicted octanol–water partition coefficient (Wildman–Crippen LogP) is 2.49. The Morgan fingerprint density at radius 2 is 0.818 bits per heavy atom. The van der Waals surface area contributed by atoms with Gasteiger partial charge in [-0.15, -0.1) is 0 Å². The Labute approximate surface area is 202 Å². The lowest BCUT2D eigenvalue weighted by molar-refractivity contribution is -0.129. The van der Waals surface area contributed by atoms with E-state index in [4.69, 9.17) is 26.6 Å². The molecular formula is C21H46N2O8Si2. The third kappa shape index (κ3) is 14.2. The summed E-state index contributed by atoms with van der Waals surface area (Å²) in [6.45, 7) is 15.4. The van der Waals surface area contributed by atoms with E-state index in [1.165, 1.54) is 0 Å². The van der Waals surface area contributed by atoms with Crippen molar-refractivity contribution in [2.45, 2.75) is 72.9 Å². The van der Waals surface area contributed by atoms with E-state index in [-0.39, 0.29) is 18.2 Å². The maximum absolute atomic E-state index is 12.1. The first-order valence-corrected chi connectivity index (χ1v) is 16.1. The van der Waals surface area contributed by atoms with Gasteiger partial charge in [-0.1, -0.05) is 0 Å². The fourth-order valence-corrected chi connectivity index (χ4v) is 8.56. The van der Waals surface area contributed by atoms with Gasteiger partial charge in [0.25, 0.3) is 0 Å². The van der Waals surface area contributed by atoms with Crippen molar-refractivity contribution in [2.24, 2.45) is 0 Å². The molecule has 12 heteroatoms. The number of carbonyl (C=O) groups is 2. The molecule has 33 heavy (non-hydrogen) atoms. The quantitative estimate of drug-likeness (QED) is 0.130. The largest absolute Gasteiger partial charge is 0.500 e. The summed E-state index contributed by atoms with van der Waals surface area (Å²) < 4.78 is 34.8.